The Kier molecular flexibility index (Phi) is 69.9. The van der Waals surface area contributed by atoms with E-state index in [4.69, 9.17) is 37.0 Å². The van der Waals surface area contributed by atoms with Gasteiger partial charge in [-0.3, -0.25) is 37.3 Å². The minimum atomic E-state index is -4.98. The molecule has 576 valence electrons. The standard InChI is InChI=1S/C81H140O17P2/c1-5-9-13-17-21-25-29-32-34-36-37-39-41-44-47-50-54-58-62-66-78(83)91-71-76(97-80(85)67-63-59-55-51-45-28-24-20-16-12-8-4)73-95-99(87,88)93-69-75(82)70-94-100(89,90)96-74-77(98-81(86)68-64-60-56-52-48-42-31-27-23-19-15-11-7-3)72-92-79(84)65-61-57-53-49-46-43-40-38-35-33-30-26-22-18-14-10-6-2/h9-10,13-14,21-22,25-26,32-35,37,39-40,43-44,47,75-77,82H,5-8,11-12,15-20,23-24,27-31,36,38,41-42,45-46,48-74H2,1-4H3,(H,87,88)(H,89,90)/b13-9-,14-10-,25-21-,26-22-,34-32-,35-33-,39-37-,43-40-,47-44-. The normalized spacial score (nSPS) is 14.5. The van der Waals surface area contributed by atoms with Gasteiger partial charge in [-0.2, -0.15) is 0 Å². The molecule has 0 aliphatic carbocycles. The van der Waals surface area contributed by atoms with Gasteiger partial charge in [0.05, 0.1) is 26.4 Å². The maximum atomic E-state index is 13.1. The minimum absolute atomic E-state index is 0.0886. The number of aliphatic hydroxyl groups excluding tert-OH is 1. The molecular formula is C81H140O17P2. The highest BCUT2D eigenvalue weighted by atomic mass is 31.2. The monoisotopic (exact) mass is 1450 g/mol. The molecule has 0 aliphatic rings. The van der Waals surface area contributed by atoms with Crippen LogP contribution in [0.5, 0.6) is 0 Å². The summed E-state index contributed by atoms with van der Waals surface area (Å²) in [6.07, 6.45) is 77.9. The summed E-state index contributed by atoms with van der Waals surface area (Å²) in [7, 11) is -9.96. The SMILES string of the molecule is CC/C=C\C/C=C\C/C=C\C/C=C\C/C=C\CCCCCC(=O)OCC(COP(=O)(O)OCC(O)COP(=O)(O)OCC(COC(=O)CCCCCC/C=C\C/C=C\C/C=C\C/C=C\CC)OC(=O)CCCCCCCCCCCCCCC)OC(=O)CCCCCCCCCCCCC. The lowest BCUT2D eigenvalue weighted by Gasteiger charge is -2.21. The zero-order chi connectivity index (χ0) is 73.2. The summed E-state index contributed by atoms with van der Waals surface area (Å²) in [4.78, 5) is 72.9. The van der Waals surface area contributed by atoms with Crippen LogP contribution in [0.15, 0.2) is 109 Å². The van der Waals surface area contributed by atoms with Crippen molar-refractivity contribution in [1.82, 2.24) is 0 Å². The number of hydrogen-bond acceptors (Lipinski definition) is 15. The smallest absolute Gasteiger partial charge is 0.462 e. The Hall–Kier alpha value is -4.28. The molecule has 0 saturated heterocycles. The highest BCUT2D eigenvalue weighted by molar-refractivity contribution is 7.47. The van der Waals surface area contributed by atoms with Gasteiger partial charge in [0.2, 0.25) is 0 Å². The number of phosphoric ester groups is 2. The van der Waals surface area contributed by atoms with Crippen molar-refractivity contribution in [3.05, 3.63) is 109 Å². The van der Waals surface area contributed by atoms with Gasteiger partial charge in [0.25, 0.3) is 0 Å². The fraction of sp³-hybridized carbons (Fsp3) is 0.728. The van der Waals surface area contributed by atoms with E-state index in [2.05, 4.69) is 137 Å². The van der Waals surface area contributed by atoms with Crippen LogP contribution in [0.3, 0.4) is 0 Å². The lowest BCUT2D eigenvalue weighted by Crippen LogP contribution is -2.30. The molecule has 0 radical (unpaired) electrons. The van der Waals surface area contributed by atoms with Gasteiger partial charge in [0.15, 0.2) is 12.2 Å². The van der Waals surface area contributed by atoms with Gasteiger partial charge in [-0.05, 0) is 109 Å². The van der Waals surface area contributed by atoms with Crippen LogP contribution in [0.1, 0.15) is 323 Å². The van der Waals surface area contributed by atoms with Crippen LogP contribution >= 0.6 is 15.6 Å². The molecule has 0 fully saturated rings. The number of carbonyl (C=O) groups is 4. The first kappa shape index (κ1) is 95.7. The molecule has 0 amide bonds. The molecule has 0 rings (SSSR count). The zero-order valence-electron chi connectivity index (χ0n) is 62.8. The molecule has 0 aromatic heterocycles. The average Bonchev–Trinajstić information content (AvgIpc) is 1.02. The number of hydrogen-bond donors (Lipinski definition) is 3. The fourth-order valence-electron chi connectivity index (χ4n) is 10.4. The van der Waals surface area contributed by atoms with Crippen molar-refractivity contribution in [2.45, 2.75) is 341 Å². The van der Waals surface area contributed by atoms with Gasteiger partial charge in [0.1, 0.15) is 19.3 Å². The van der Waals surface area contributed by atoms with Gasteiger partial charge in [-0.15, -0.1) is 0 Å². The second-order valence-electron chi connectivity index (χ2n) is 25.9. The Balaban J connectivity index is 5.34. The van der Waals surface area contributed by atoms with E-state index < -0.39 is 97.5 Å². The molecular weight excluding hydrogens is 1310 g/mol. The first-order chi connectivity index (χ1) is 48.7. The van der Waals surface area contributed by atoms with Gasteiger partial charge >= 0.3 is 39.5 Å². The second kappa shape index (κ2) is 73.0. The maximum absolute atomic E-state index is 13.1. The summed E-state index contributed by atoms with van der Waals surface area (Å²) in [6, 6.07) is 0. The third kappa shape index (κ3) is 72.1. The van der Waals surface area contributed by atoms with Gasteiger partial charge in [-0.25, -0.2) is 9.13 Å². The number of allylic oxidation sites excluding steroid dienone is 18. The molecule has 0 aromatic carbocycles. The summed E-state index contributed by atoms with van der Waals surface area (Å²) < 4.78 is 68.5. The van der Waals surface area contributed by atoms with Gasteiger partial charge in [0, 0.05) is 25.7 Å². The summed E-state index contributed by atoms with van der Waals surface area (Å²) in [5, 5.41) is 10.6. The highest BCUT2D eigenvalue weighted by Gasteiger charge is 2.30. The zero-order valence-corrected chi connectivity index (χ0v) is 64.6. The Morgan fingerprint density at radius 1 is 0.290 bits per heavy atom. The van der Waals surface area contributed by atoms with Crippen molar-refractivity contribution in [2.75, 3.05) is 39.6 Å². The molecule has 3 N–H and O–H groups in total. The number of ether oxygens (including phenoxy) is 4. The summed E-state index contributed by atoms with van der Waals surface area (Å²) in [6.45, 7) is 4.60. The molecule has 0 saturated carbocycles. The minimum Gasteiger partial charge on any atom is -0.462 e. The predicted molar refractivity (Wildman–Crippen MR) is 408 cm³/mol. The fourth-order valence-corrected chi connectivity index (χ4v) is 11.9. The molecule has 0 aliphatic heterocycles. The Morgan fingerprint density at radius 3 is 0.810 bits per heavy atom. The van der Waals surface area contributed by atoms with Crippen LogP contribution in [0.2, 0.25) is 0 Å². The molecule has 19 heteroatoms. The van der Waals surface area contributed by atoms with Crippen LogP contribution in [0.4, 0.5) is 0 Å². The topological polar surface area (TPSA) is 237 Å². The molecule has 17 nitrogen and oxygen atoms in total. The maximum Gasteiger partial charge on any atom is 0.472 e. The Morgan fingerprint density at radius 2 is 0.520 bits per heavy atom. The van der Waals surface area contributed by atoms with Crippen molar-refractivity contribution in [3.8, 4) is 0 Å². The van der Waals surface area contributed by atoms with Gasteiger partial charge in [-0.1, -0.05) is 298 Å². The van der Waals surface area contributed by atoms with Crippen LogP contribution in [-0.2, 0) is 65.4 Å². The first-order valence-electron chi connectivity index (χ1n) is 39.1. The predicted octanol–water partition coefficient (Wildman–Crippen LogP) is 22.6. The number of unbranched alkanes of at least 4 members (excludes halogenated alkanes) is 29. The lowest BCUT2D eigenvalue weighted by atomic mass is 10.0. The summed E-state index contributed by atoms with van der Waals surface area (Å²) >= 11 is 0. The second-order valence-corrected chi connectivity index (χ2v) is 28.8. The number of aliphatic hydroxyl groups is 1. The van der Waals surface area contributed by atoms with Crippen molar-refractivity contribution >= 4 is 39.5 Å². The summed E-state index contributed by atoms with van der Waals surface area (Å²) in [5.74, 6) is -2.22. The van der Waals surface area contributed by atoms with Crippen LogP contribution in [-0.4, -0.2) is 96.7 Å². The molecule has 0 aromatic rings. The third-order valence-corrected chi connectivity index (χ3v) is 18.2. The van der Waals surface area contributed by atoms with E-state index in [0.29, 0.717) is 25.7 Å². The number of rotatable bonds is 73. The molecule has 5 atom stereocenters. The van der Waals surface area contributed by atoms with E-state index >= 15 is 0 Å². The van der Waals surface area contributed by atoms with Crippen LogP contribution < -0.4 is 0 Å². The first-order valence-corrected chi connectivity index (χ1v) is 42.1. The quantitative estimate of drug-likeness (QED) is 0.0169. The van der Waals surface area contributed by atoms with Crippen LogP contribution in [0, 0.1) is 0 Å². The van der Waals surface area contributed by atoms with Crippen molar-refractivity contribution in [3.63, 3.8) is 0 Å². The third-order valence-electron chi connectivity index (χ3n) is 16.3. The molecule has 0 heterocycles. The van der Waals surface area contributed by atoms with E-state index in [1.165, 1.54) is 89.9 Å². The molecule has 0 bridgehead atoms. The van der Waals surface area contributed by atoms with E-state index in [-0.39, 0.29) is 25.7 Å². The Bertz CT molecular complexity index is 2320. The molecule has 0 spiro atoms. The van der Waals surface area contributed by atoms with E-state index in [1.807, 2.05) is 0 Å². The number of esters is 4. The lowest BCUT2D eigenvalue weighted by molar-refractivity contribution is -0.161. The van der Waals surface area contributed by atoms with Crippen molar-refractivity contribution in [1.29, 1.82) is 0 Å². The molecule has 5 unspecified atom stereocenters. The molecule has 100 heavy (non-hydrogen) atoms. The Labute approximate surface area is 607 Å². The average molecular weight is 1450 g/mol. The largest absolute Gasteiger partial charge is 0.472 e. The summed E-state index contributed by atoms with van der Waals surface area (Å²) in [5.41, 5.74) is 0. The van der Waals surface area contributed by atoms with E-state index in [9.17, 15) is 43.2 Å². The highest BCUT2D eigenvalue weighted by Crippen LogP contribution is 2.45. The van der Waals surface area contributed by atoms with Crippen molar-refractivity contribution in [2.24, 2.45) is 0 Å². The van der Waals surface area contributed by atoms with E-state index in [0.717, 1.165) is 154 Å². The number of phosphoric acid groups is 2. The van der Waals surface area contributed by atoms with Gasteiger partial charge < -0.3 is 33.8 Å². The number of carbonyl (C=O) groups excluding carboxylic acids is 4. The van der Waals surface area contributed by atoms with Crippen LogP contribution in [0.25, 0.3) is 0 Å². The van der Waals surface area contributed by atoms with Crippen molar-refractivity contribution < 1.29 is 80.2 Å². The van der Waals surface area contributed by atoms with E-state index in [1.54, 1.807) is 0 Å².